The number of likely N-dealkylation sites (tertiary alicyclic amines) is 1. The lowest BCUT2D eigenvalue weighted by Crippen LogP contribution is -2.48. The van der Waals surface area contributed by atoms with Gasteiger partial charge in [-0.2, -0.15) is 18.3 Å². The summed E-state index contributed by atoms with van der Waals surface area (Å²) in [5.41, 5.74) is -2.81. The van der Waals surface area contributed by atoms with Crippen molar-refractivity contribution in [2.45, 2.75) is 58.7 Å². The lowest BCUT2D eigenvalue weighted by atomic mass is 9.74. The van der Waals surface area contributed by atoms with E-state index < -0.39 is 40.4 Å². The normalized spacial score (nSPS) is 15.5. The number of benzene rings is 1. The molecule has 41 heavy (non-hydrogen) atoms. The van der Waals surface area contributed by atoms with E-state index in [2.05, 4.69) is 10.4 Å². The fraction of sp³-hybridized carbons (Fsp3) is 0.448. The van der Waals surface area contributed by atoms with Crippen molar-refractivity contribution in [1.29, 1.82) is 0 Å². The number of aromatic nitrogens is 3. The van der Waals surface area contributed by atoms with Crippen LogP contribution in [0.1, 0.15) is 62.2 Å². The van der Waals surface area contributed by atoms with E-state index in [0.29, 0.717) is 17.6 Å². The second-order valence-electron chi connectivity index (χ2n) is 11.1. The molecule has 0 atom stereocenters. The molecule has 0 bridgehead atoms. The number of amides is 1. The molecule has 1 aliphatic rings. The topological polar surface area (TPSA) is 89.3 Å². The van der Waals surface area contributed by atoms with Crippen LogP contribution in [0.5, 0.6) is 0 Å². The first-order chi connectivity index (χ1) is 19.2. The molecule has 1 aromatic carbocycles. The van der Waals surface area contributed by atoms with Gasteiger partial charge in [-0.1, -0.05) is 12.1 Å². The fourth-order valence-electron chi connectivity index (χ4n) is 5.02. The number of nitrogens with one attached hydrogen (secondary N) is 1. The molecule has 0 radical (unpaired) electrons. The summed E-state index contributed by atoms with van der Waals surface area (Å²) in [5.74, 6) is -1.60. The van der Waals surface area contributed by atoms with Gasteiger partial charge in [0.2, 0.25) is 0 Å². The predicted molar refractivity (Wildman–Crippen MR) is 144 cm³/mol. The lowest BCUT2D eigenvalue weighted by molar-refractivity contribution is -0.158. The van der Waals surface area contributed by atoms with Gasteiger partial charge in [-0.05, 0) is 64.8 Å². The van der Waals surface area contributed by atoms with Crippen molar-refractivity contribution in [3.05, 3.63) is 71.3 Å². The van der Waals surface area contributed by atoms with Crippen LogP contribution in [0.15, 0.2) is 48.7 Å². The van der Waals surface area contributed by atoms with Crippen LogP contribution in [-0.2, 0) is 27.7 Å². The molecule has 1 aliphatic heterocycles. The van der Waals surface area contributed by atoms with E-state index in [1.165, 1.54) is 4.90 Å². The number of esters is 1. The number of hydrogen-bond acceptors (Lipinski definition) is 6. The number of ether oxygens (including phenoxy) is 1. The molecule has 4 rings (SSSR count). The Morgan fingerprint density at radius 1 is 1.05 bits per heavy atom. The van der Waals surface area contributed by atoms with Crippen molar-refractivity contribution in [3.8, 4) is 0 Å². The number of piperidine rings is 1. The van der Waals surface area contributed by atoms with E-state index in [-0.39, 0.29) is 44.5 Å². The van der Waals surface area contributed by atoms with E-state index in [0.717, 1.165) is 18.0 Å². The average Bonchev–Trinajstić information content (AvgIpc) is 3.37. The fourth-order valence-corrected chi connectivity index (χ4v) is 5.02. The van der Waals surface area contributed by atoms with Gasteiger partial charge < -0.3 is 15.0 Å². The highest BCUT2D eigenvalue weighted by molar-refractivity contribution is 5.95. The van der Waals surface area contributed by atoms with Crippen LogP contribution in [0.4, 0.5) is 29.2 Å². The first-order valence-corrected chi connectivity index (χ1v) is 13.3. The first-order valence-electron chi connectivity index (χ1n) is 13.3. The summed E-state index contributed by atoms with van der Waals surface area (Å²) in [4.78, 5) is 32.2. The number of hydrogen-bond donors (Lipinski definition) is 1. The summed E-state index contributed by atoms with van der Waals surface area (Å²) in [6.45, 7) is 8.00. The molecular weight excluding hydrogens is 542 g/mol. The Morgan fingerprint density at radius 2 is 1.73 bits per heavy atom. The number of rotatable bonds is 7. The molecule has 1 N–H and O–H groups in total. The highest BCUT2D eigenvalue weighted by Crippen LogP contribution is 2.38. The van der Waals surface area contributed by atoms with Gasteiger partial charge in [0.15, 0.2) is 0 Å². The zero-order valence-electron chi connectivity index (χ0n) is 23.4. The van der Waals surface area contributed by atoms with Gasteiger partial charge in [-0.15, -0.1) is 0 Å². The number of pyridine rings is 1. The van der Waals surface area contributed by atoms with Crippen LogP contribution >= 0.6 is 0 Å². The second-order valence-corrected chi connectivity index (χ2v) is 11.1. The monoisotopic (exact) mass is 575 g/mol. The Hall–Kier alpha value is -3.96. The van der Waals surface area contributed by atoms with Crippen molar-refractivity contribution >= 4 is 23.5 Å². The summed E-state index contributed by atoms with van der Waals surface area (Å²) < 4.78 is 61.4. The maximum atomic E-state index is 14.6. The molecule has 1 amide bonds. The molecule has 3 aromatic rings. The third-order valence-corrected chi connectivity index (χ3v) is 7.11. The lowest BCUT2D eigenvalue weighted by Gasteiger charge is -2.40. The smallest absolute Gasteiger partial charge is 0.419 e. The Morgan fingerprint density at radius 3 is 2.37 bits per heavy atom. The largest absolute Gasteiger partial charge is 0.466 e. The van der Waals surface area contributed by atoms with Gasteiger partial charge in [-0.25, -0.2) is 14.1 Å². The number of nitrogens with zero attached hydrogens (tertiary/aromatic N) is 4. The molecule has 0 unspecified atom stereocenters. The molecule has 2 aromatic heterocycles. The predicted octanol–water partition coefficient (Wildman–Crippen LogP) is 5.96. The molecule has 0 saturated carbocycles. The van der Waals surface area contributed by atoms with E-state index in [1.807, 2.05) is 37.6 Å². The van der Waals surface area contributed by atoms with Crippen molar-refractivity contribution < 1.29 is 31.9 Å². The third kappa shape index (κ3) is 6.52. The van der Waals surface area contributed by atoms with Crippen LogP contribution < -0.4 is 5.32 Å². The molecule has 0 aliphatic carbocycles. The van der Waals surface area contributed by atoms with Crippen molar-refractivity contribution in [1.82, 2.24) is 19.7 Å². The van der Waals surface area contributed by atoms with E-state index >= 15 is 0 Å². The van der Waals surface area contributed by atoms with Gasteiger partial charge in [0.05, 0.1) is 34.9 Å². The zero-order chi connectivity index (χ0) is 30.0. The molecule has 1 fully saturated rings. The highest BCUT2D eigenvalue weighted by atomic mass is 19.4. The van der Waals surface area contributed by atoms with Crippen LogP contribution in [0.2, 0.25) is 0 Å². The Bertz CT molecular complexity index is 1410. The summed E-state index contributed by atoms with van der Waals surface area (Å²) in [5, 5.41) is 7.64. The van der Waals surface area contributed by atoms with Crippen LogP contribution in [0, 0.1) is 11.2 Å². The summed E-state index contributed by atoms with van der Waals surface area (Å²) in [6.07, 6.45) is -2.67. The minimum absolute atomic E-state index is 0.0377. The third-order valence-electron chi connectivity index (χ3n) is 7.11. The second kappa shape index (κ2) is 11.5. The van der Waals surface area contributed by atoms with Gasteiger partial charge >= 0.3 is 12.1 Å². The number of carbonyl (C=O) groups is 2. The number of halogens is 4. The van der Waals surface area contributed by atoms with Crippen LogP contribution in [0.3, 0.4) is 0 Å². The number of carbonyl (C=O) groups excluding carboxylic acids is 2. The quantitative estimate of drug-likeness (QED) is 0.276. The zero-order valence-corrected chi connectivity index (χ0v) is 23.4. The Kier molecular flexibility index (Phi) is 8.41. The minimum atomic E-state index is -4.93. The molecule has 3 heterocycles. The molecule has 8 nitrogen and oxygen atoms in total. The van der Waals surface area contributed by atoms with E-state index in [9.17, 15) is 27.2 Å². The van der Waals surface area contributed by atoms with Crippen molar-refractivity contribution in [3.63, 3.8) is 0 Å². The van der Waals surface area contributed by atoms with Crippen LogP contribution in [-0.4, -0.2) is 51.2 Å². The van der Waals surface area contributed by atoms with Gasteiger partial charge in [-0.3, -0.25) is 9.59 Å². The summed E-state index contributed by atoms with van der Waals surface area (Å²) >= 11 is 0. The molecular formula is C29H33F4N5O3. The van der Waals surface area contributed by atoms with E-state index in [1.54, 1.807) is 25.3 Å². The molecule has 220 valence electrons. The van der Waals surface area contributed by atoms with Crippen molar-refractivity contribution in [2.75, 3.05) is 25.0 Å². The number of alkyl halides is 3. The minimum Gasteiger partial charge on any atom is -0.466 e. The van der Waals surface area contributed by atoms with Gasteiger partial charge in [0.25, 0.3) is 5.91 Å². The Labute approximate surface area is 235 Å². The highest BCUT2D eigenvalue weighted by Gasteiger charge is 2.45. The van der Waals surface area contributed by atoms with Crippen LogP contribution in [0.25, 0.3) is 0 Å². The summed E-state index contributed by atoms with van der Waals surface area (Å²) in [7, 11) is 0. The maximum absolute atomic E-state index is 14.6. The summed E-state index contributed by atoms with van der Waals surface area (Å²) in [6, 6.07) is 9.88. The first kappa shape index (κ1) is 30.0. The van der Waals surface area contributed by atoms with Gasteiger partial charge in [0, 0.05) is 31.3 Å². The standard InChI is InChI=1S/C29H33F4N5O3/c1-5-41-26(40)28(18-19-8-6-11-22(35-19)36-23-12-15-34-38(23)27(2,3)4)13-16-37(17-14-28)25(39)20-9-7-10-21(24(20)30)29(31,32)33/h6-12,15H,5,13-14,16-18H2,1-4H3,(H,35,36). The van der Waals surface area contributed by atoms with Gasteiger partial charge in [0.1, 0.15) is 17.5 Å². The molecule has 0 spiro atoms. The molecule has 12 heteroatoms. The van der Waals surface area contributed by atoms with Crippen molar-refractivity contribution in [2.24, 2.45) is 5.41 Å². The van der Waals surface area contributed by atoms with E-state index in [4.69, 9.17) is 9.72 Å². The number of anilines is 2. The average molecular weight is 576 g/mol. The Balaban J connectivity index is 1.53. The maximum Gasteiger partial charge on any atom is 0.419 e. The molecule has 1 saturated heterocycles. The SMILES string of the molecule is CCOC(=O)C1(Cc2cccc(Nc3ccnn3C(C)(C)C)n2)CCN(C(=O)c2cccc(C(F)(F)F)c2F)CC1.